The number of ether oxygens (including phenoxy) is 2. The Morgan fingerprint density at radius 2 is 1.75 bits per heavy atom. The second-order valence-corrected chi connectivity index (χ2v) is 7.24. The first-order valence-corrected chi connectivity index (χ1v) is 10.4. The fraction of sp³-hybridized carbons (Fsp3) is 0.292. The lowest BCUT2D eigenvalue weighted by Crippen LogP contribution is -2.38. The van der Waals surface area contributed by atoms with Gasteiger partial charge < -0.3 is 19.7 Å². The summed E-state index contributed by atoms with van der Waals surface area (Å²) in [6, 6.07) is 12.2. The van der Waals surface area contributed by atoms with Crippen LogP contribution in [0.3, 0.4) is 0 Å². The van der Waals surface area contributed by atoms with Crippen molar-refractivity contribution in [1.29, 1.82) is 0 Å². The molecule has 1 heterocycles. The molecule has 2 aromatic rings. The molecule has 0 spiro atoms. The Hall–Kier alpha value is -3.81. The third-order valence-corrected chi connectivity index (χ3v) is 4.96. The van der Waals surface area contributed by atoms with Gasteiger partial charge in [0.25, 0.3) is 5.91 Å². The molecule has 0 aliphatic carbocycles. The SMILES string of the molecule is C=CCN1C(=O)N(c2ccc(OC)cc2)C(=O)[C@H]1CC(=O)Nc1ccc(OCCC)cc1. The molecule has 0 aromatic heterocycles. The van der Waals surface area contributed by atoms with Crippen LogP contribution in [0.1, 0.15) is 19.8 Å². The molecule has 1 N–H and O–H groups in total. The number of hydrogen-bond donors (Lipinski definition) is 1. The first kappa shape index (κ1) is 22.9. The molecule has 1 atom stereocenters. The minimum atomic E-state index is -0.922. The van der Waals surface area contributed by atoms with Gasteiger partial charge >= 0.3 is 6.03 Å². The molecule has 1 saturated heterocycles. The normalized spacial score (nSPS) is 15.6. The zero-order valence-electron chi connectivity index (χ0n) is 18.2. The van der Waals surface area contributed by atoms with E-state index in [9.17, 15) is 14.4 Å². The summed E-state index contributed by atoms with van der Waals surface area (Å²) in [4.78, 5) is 41.1. The summed E-state index contributed by atoms with van der Waals surface area (Å²) < 4.78 is 10.7. The van der Waals surface area contributed by atoms with Crippen LogP contribution in [0.25, 0.3) is 0 Å². The van der Waals surface area contributed by atoms with Crippen molar-refractivity contribution in [3.05, 3.63) is 61.2 Å². The van der Waals surface area contributed by atoms with Crippen molar-refractivity contribution in [2.75, 3.05) is 30.5 Å². The van der Waals surface area contributed by atoms with Crippen LogP contribution >= 0.6 is 0 Å². The monoisotopic (exact) mass is 437 g/mol. The van der Waals surface area contributed by atoms with Crippen molar-refractivity contribution >= 4 is 29.2 Å². The van der Waals surface area contributed by atoms with E-state index in [2.05, 4.69) is 11.9 Å². The van der Waals surface area contributed by atoms with Crippen molar-refractivity contribution < 1.29 is 23.9 Å². The van der Waals surface area contributed by atoms with Gasteiger partial charge in [0, 0.05) is 12.2 Å². The number of nitrogens with one attached hydrogen (secondary N) is 1. The number of hydrogen-bond acceptors (Lipinski definition) is 5. The van der Waals surface area contributed by atoms with E-state index in [1.54, 1.807) is 48.5 Å². The molecule has 8 nitrogen and oxygen atoms in total. The first-order valence-electron chi connectivity index (χ1n) is 10.4. The molecule has 8 heteroatoms. The van der Waals surface area contributed by atoms with E-state index in [0.29, 0.717) is 29.5 Å². The summed E-state index contributed by atoms with van der Waals surface area (Å²) in [5.74, 6) is 0.496. The highest BCUT2D eigenvalue weighted by Gasteiger charge is 2.46. The highest BCUT2D eigenvalue weighted by molar-refractivity contribution is 6.22. The van der Waals surface area contributed by atoms with E-state index < -0.39 is 18.0 Å². The van der Waals surface area contributed by atoms with Gasteiger partial charge in [-0.15, -0.1) is 6.58 Å². The number of methoxy groups -OCH3 is 1. The summed E-state index contributed by atoms with van der Waals surface area (Å²) in [7, 11) is 1.54. The van der Waals surface area contributed by atoms with Gasteiger partial charge in [-0.3, -0.25) is 9.59 Å². The molecule has 168 valence electrons. The fourth-order valence-electron chi connectivity index (χ4n) is 3.39. The lowest BCUT2D eigenvalue weighted by molar-refractivity contribution is -0.124. The van der Waals surface area contributed by atoms with Crippen LogP contribution in [0.5, 0.6) is 11.5 Å². The second kappa shape index (κ2) is 10.5. The van der Waals surface area contributed by atoms with Crippen LogP contribution in [0.15, 0.2) is 61.2 Å². The summed E-state index contributed by atoms with van der Waals surface area (Å²) in [5.41, 5.74) is 0.998. The average Bonchev–Trinajstić information content (AvgIpc) is 3.03. The third kappa shape index (κ3) is 5.08. The van der Waals surface area contributed by atoms with Gasteiger partial charge in [0.05, 0.1) is 25.8 Å². The number of imide groups is 1. The molecular weight excluding hydrogens is 410 g/mol. The number of carbonyl (C=O) groups is 3. The molecule has 0 saturated carbocycles. The summed E-state index contributed by atoms with van der Waals surface area (Å²) in [6.07, 6.45) is 2.27. The number of nitrogens with zero attached hydrogens (tertiary/aromatic N) is 2. The Balaban J connectivity index is 1.71. The zero-order chi connectivity index (χ0) is 23.1. The van der Waals surface area contributed by atoms with Gasteiger partial charge in [0.2, 0.25) is 5.91 Å². The maximum absolute atomic E-state index is 13.1. The topological polar surface area (TPSA) is 88.2 Å². The largest absolute Gasteiger partial charge is 0.497 e. The number of urea groups is 1. The van der Waals surface area contributed by atoms with Gasteiger partial charge in [-0.1, -0.05) is 13.0 Å². The smallest absolute Gasteiger partial charge is 0.332 e. The van der Waals surface area contributed by atoms with Crippen molar-refractivity contribution in [2.24, 2.45) is 0 Å². The number of anilines is 2. The van der Waals surface area contributed by atoms with Gasteiger partial charge in [-0.2, -0.15) is 0 Å². The summed E-state index contributed by atoms with van der Waals surface area (Å²) in [5, 5.41) is 2.77. The quantitative estimate of drug-likeness (QED) is 0.451. The van der Waals surface area contributed by atoms with Gasteiger partial charge in [0.1, 0.15) is 17.5 Å². The Labute approximate surface area is 187 Å². The minimum Gasteiger partial charge on any atom is -0.497 e. The molecule has 1 fully saturated rings. The van der Waals surface area contributed by atoms with E-state index in [-0.39, 0.29) is 18.9 Å². The van der Waals surface area contributed by atoms with Crippen molar-refractivity contribution in [3.8, 4) is 11.5 Å². The Bertz CT molecular complexity index is 972. The number of benzene rings is 2. The Morgan fingerprint density at radius 3 is 2.34 bits per heavy atom. The maximum atomic E-state index is 13.1. The molecule has 2 aromatic carbocycles. The van der Waals surface area contributed by atoms with Crippen molar-refractivity contribution in [2.45, 2.75) is 25.8 Å². The highest BCUT2D eigenvalue weighted by atomic mass is 16.5. The van der Waals surface area contributed by atoms with Crippen LogP contribution < -0.4 is 19.7 Å². The van der Waals surface area contributed by atoms with Crippen LogP contribution in [-0.4, -0.2) is 49.0 Å². The fourth-order valence-corrected chi connectivity index (χ4v) is 3.39. The Kier molecular flexibility index (Phi) is 7.49. The van der Waals surface area contributed by atoms with Crippen molar-refractivity contribution in [3.63, 3.8) is 0 Å². The van der Waals surface area contributed by atoms with Crippen LogP contribution in [0.4, 0.5) is 16.2 Å². The molecule has 4 amide bonds. The first-order chi connectivity index (χ1) is 15.5. The van der Waals surface area contributed by atoms with E-state index >= 15 is 0 Å². The van der Waals surface area contributed by atoms with Gasteiger partial charge in [0.15, 0.2) is 0 Å². The van der Waals surface area contributed by atoms with Crippen molar-refractivity contribution in [1.82, 2.24) is 4.90 Å². The third-order valence-electron chi connectivity index (χ3n) is 4.96. The van der Waals surface area contributed by atoms with Crippen LogP contribution in [-0.2, 0) is 9.59 Å². The Morgan fingerprint density at radius 1 is 1.09 bits per heavy atom. The molecule has 1 aliphatic heterocycles. The predicted octanol–water partition coefficient (Wildman–Crippen LogP) is 3.84. The van der Waals surface area contributed by atoms with E-state index in [1.807, 2.05) is 6.92 Å². The van der Waals surface area contributed by atoms with Crippen LogP contribution in [0, 0.1) is 0 Å². The molecule has 1 aliphatic rings. The second-order valence-electron chi connectivity index (χ2n) is 7.24. The van der Waals surface area contributed by atoms with Gasteiger partial charge in [-0.05, 0) is 55.0 Å². The lowest BCUT2D eigenvalue weighted by Gasteiger charge is -2.19. The lowest BCUT2D eigenvalue weighted by atomic mass is 10.1. The summed E-state index contributed by atoms with van der Waals surface area (Å²) in [6.45, 7) is 6.45. The minimum absolute atomic E-state index is 0.151. The molecule has 0 bridgehead atoms. The molecule has 3 rings (SSSR count). The van der Waals surface area contributed by atoms with Gasteiger partial charge in [-0.25, -0.2) is 9.69 Å². The highest BCUT2D eigenvalue weighted by Crippen LogP contribution is 2.28. The molecule has 0 radical (unpaired) electrons. The average molecular weight is 437 g/mol. The summed E-state index contributed by atoms with van der Waals surface area (Å²) >= 11 is 0. The molecule has 0 unspecified atom stereocenters. The number of rotatable bonds is 10. The predicted molar refractivity (Wildman–Crippen MR) is 122 cm³/mol. The number of carbonyl (C=O) groups excluding carboxylic acids is 3. The molecular formula is C24H27N3O5. The number of amides is 4. The maximum Gasteiger partial charge on any atom is 0.332 e. The zero-order valence-corrected chi connectivity index (χ0v) is 18.2. The standard InChI is InChI=1S/C24H27N3O5/c1-4-14-26-21(16-22(28)25-17-6-10-20(11-7-17)32-15-5-2)23(29)27(24(26)30)18-8-12-19(31-3)13-9-18/h4,6-13,21H,1,5,14-16H2,2-3H3,(H,25,28)/t21-/m1/s1. The van der Waals surface area contributed by atoms with Crippen LogP contribution in [0.2, 0.25) is 0 Å². The van der Waals surface area contributed by atoms with E-state index in [4.69, 9.17) is 9.47 Å². The van der Waals surface area contributed by atoms with E-state index in [1.165, 1.54) is 18.1 Å². The van der Waals surface area contributed by atoms with E-state index in [0.717, 1.165) is 11.3 Å². The molecule has 32 heavy (non-hydrogen) atoms.